The van der Waals surface area contributed by atoms with Gasteiger partial charge in [0.2, 0.25) is 0 Å². The van der Waals surface area contributed by atoms with Crippen LogP contribution in [0.25, 0.3) is 6.08 Å². The van der Waals surface area contributed by atoms with Gasteiger partial charge in [0.25, 0.3) is 5.91 Å². The molecule has 2 aromatic carbocycles. The number of carbonyl (C=O) groups is 2. The summed E-state index contributed by atoms with van der Waals surface area (Å²) < 4.78 is 0. The summed E-state index contributed by atoms with van der Waals surface area (Å²) in [6.07, 6.45) is 3.49. The van der Waals surface area contributed by atoms with Crippen molar-refractivity contribution in [1.82, 2.24) is 4.90 Å². The number of carboxylic acid groups (broad SMARTS) is 1. The minimum Gasteiger partial charge on any atom is -0.478 e. The van der Waals surface area contributed by atoms with Gasteiger partial charge in [0, 0.05) is 6.54 Å². The van der Waals surface area contributed by atoms with E-state index < -0.39 is 5.97 Å². The van der Waals surface area contributed by atoms with Gasteiger partial charge < -0.3 is 5.11 Å². The molecule has 1 amide bonds. The number of carbonyl (C=O) groups excluding carboxylic acids is 1. The van der Waals surface area contributed by atoms with Crippen LogP contribution in [0, 0.1) is 0 Å². The molecule has 0 radical (unpaired) electrons. The monoisotopic (exact) mass is 406 g/mol. The van der Waals surface area contributed by atoms with Crippen LogP contribution in [0.15, 0.2) is 71.1 Å². The lowest BCUT2D eigenvalue weighted by molar-refractivity contribution is -0.121. The molecule has 148 valence electrons. The van der Waals surface area contributed by atoms with Crippen LogP contribution >= 0.6 is 11.8 Å². The van der Waals surface area contributed by atoms with Gasteiger partial charge in [0.05, 0.1) is 16.2 Å². The van der Waals surface area contributed by atoms with E-state index in [0.29, 0.717) is 28.2 Å². The number of benzene rings is 2. The highest BCUT2D eigenvalue weighted by Crippen LogP contribution is 2.34. The predicted octanol–water partition coefficient (Wildman–Crippen LogP) is 5.30. The van der Waals surface area contributed by atoms with E-state index in [1.165, 1.54) is 29.5 Å². The molecular weight excluding hydrogens is 384 g/mol. The zero-order chi connectivity index (χ0) is 21.0. The molecule has 0 aromatic heterocycles. The van der Waals surface area contributed by atoms with E-state index in [-0.39, 0.29) is 11.5 Å². The molecule has 0 unspecified atom stereocenters. The van der Waals surface area contributed by atoms with Crippen LogP contribution in [0.4, 0.5) is 5.69 Å². The van der Waals surface area contributed by atoms with Gasteiger partial charge in [0.15, 0.2) is 5.17 Å². The van der Waals surface area contributed by atoms with Crippen molar-refractivity contribution in [1.29, 1.82) is 0 Å². The van der Waals surface area contributed by atoms with E-state index in [9.17, 15) is 9.59 Å². The molecule has 1 fully saturated rings. The van der Waals surface area contributed by atoms with Crippen LogP contribution in [0.2, 0.25) is 0 Å². The van der Waals surface area contributed by atoms with Gasteiger partial charge in [-0.2, -0.15) is 0 Å². The highest BCUT2D eigenvalue weighted by Gasteiger charge is 2.32. The molecule has 6 heteroatoms. The quantitative estimate of drug-likeness (QED) is 0.522. The summed E-state index contributed by atoms with van der Waals surface area (Å²) in [6.45, 7) is 8.32. The first-order valence-corrected chi connectivity index (χ1v) is 10.0. The second-order valence-electron chi connectivity index (χ2n) is 6.89. The summed E-state index contributed by atoms with van der Waals surface area (Å²) in [6, 6.07) is 14.5. The lowest BCUT2D eigenvalue weighted by Crippen LogP contribution is -2.29. The highest BCUT2D eigenvalue weighted by atomic mass is 32.2. The summed E-state index contributed by atoms with van der Waals surface area (Å²) in [4.78, 5) is 30.7. The van der Waals surface area contributed by atoms with Crippen LogP contribution in [-0.2, 0) is 4.79 Å². The number of hydrogen-bond acceptors (Lipinski definition) is 4. The standard InChI is InChI=1S/C23H22N2O3S/c1-4-12-25-21(26)20(13-16-8-10-17(11-9-16)15(2)3)29-23(25)24-19-7-5-6-18(14-19)22(27)28/h4-11,13-15H,1,12H2,2-3H3,(H,27,28)/b20-13-,24-23?. The minimum absolute atomic E-state index is 0.143. The Morgan fingerprint density at radius 2 is 1.97 bits per heavy atom. The van der Waals surface area contributed by atoms with Gasteiger partial charge in [0.1, 0.15) is 0 Å². The molecule has 0 aliphatic carbocycles. The van der Waals surface area contributed by atoms with Crippen LogP contribution in [-0.4, -0.2) is 33.6 Å². The number of amidine groups is 1. The molecule has 0 bridgehead atoms. The summed E-state index contributed by atoms with van der Waals surface area (Å²) in [7, 11) is 0. The molecular formula is C23H22N2O3S. The Morgan fingerprint density at radius 1 is 1.24 bits per heavy atom. The Morgan fingerprint density at radius 3 is 2.59 bits per heavy atom. The number of nitrogens with zero attached hydrogens (tertiary/aromatic N) is 2. The third kappa shape index (κ3) is 4.84. The highest BCUT2D eigenvalue weighted by molar-refractivity contribution is 8.18. The average Bonchev–Trinajstić information content (AvgIpc) is 2.97. The smallest absolute Gasteiger partial charge is 0.335 e. The summed E-state index contributed by atoms with van der Waals surface area (Å²) >= 11 is 1.27. The molecule has 2 aromatic rings. The average molecular weight is 407 g/mol. The Hall–Kier alpha value is -3.12. The summed E-state index contributed by atoms with van der Waals surface area (Å²) in [5.41, 5.74) is 2.82. The number of rotatable bonds is 6. The van der Waals surface area contributed by atoms with Crippen molar-refractivity contribution in [2.24, 2.45) is 4.99 Å². The number of hydrogen-bond donors (Lipinski definition) is 1. The zero-order valence-corrected chi connectivity index (χ0v) is 17.1. The van der Waals surface area contributed by atoms with E-state index in [1.54, 1.807) is 23.1 Å². The maximum atomic E-state index is 12.9. The van der Waals surface area contributed by atoms with Crippen LogP contribution in [0.1, 0.15) is 41.3 Å². The fourth-order valence-corrected chi connectivity index (χ4v) is 3.84. The van der Waals surface area contributed by atoms with Gasteiger partial charge in [-0.25, -0.2) is 9.79 Å². The van der Waals surface area contributed by atoms with Crippen molar-refractivity contribution in [3.63, 3.8) is 0 Å². The zero-order valence-electron chi connectivity index (χ0n) is 16.3. The maximum absolute atomic E-state index is 12.9. The van der Waals surface area contributed by atoms with Crippen molar-refractivity contribution in [2.75, 3.05) is 6.54 Å². The maximum Gasteiger partial charge on any atom is 0.335 e. The Balaban J connectivity index is 1.92. The van der Waals surface area contributed by atoms with Crippen molar-refractivity contribution < 1.29 is 14.7 Å². The Bertz CT molecular complexity index is 1010. The second-order valence-corrected chi connectivity index (χ2v) is 7.90. The molecule has 29 heavy (non-hydrogen) atoms. The lowest BCUT2D eigenvalue weighted by atomic mass is 10.0. The minimum atomic E-state index is -1.02. The molecule has 5 nitrogen and oxygen atoms in total. The third-order valence-electron chi connectivity index (χ3n) is 4.42. The normalized spacial score (nSPS) is 16.8. The fraction of sp³-hybridized carbons (Fsp3) is 0.174. The van der Waals surface area contributed by atoms with Crippen LogP contribution in [0.3, 0.4) is 0 Å². The first-order chi connectivity index (χ1) is 13.9. The fourth-order valence-electron chi connectivity index (χ4n) is 2.83. The van der Waals surface area contributed by atoms with E-state index in [4.69, 9.17) is 5.11 Å². The predicted molar refractivity (Wildman–Crippen MR) is 119 cm³/mol. The van der Waals surface area contributed by atoms with E-state index >= 15 is 0 Å². The van der Waals surface area contributed by atoms with Gasteiger partial charge in [-0.1, -0.05) is 50.3 Å². The molecule has 1 N–H and O–H groups in total. The van der Waals surface area contributed by atoms with Crippen molar-refractivity contribution in [3.8, 4) is 0 Å². The summed E-state index contributed by atoms with van der Waals surface area (Å²) in [5.74, 6) is -0.714. The largest absolute Gasteiger partial charge is 0.478 e. The SMILES string of the molecule is C=CCN1C(=O)/C(=C/c2ccc(C(C)C)cc2)SC1=Nc1cccc(C(=O)O)c1. The van der Waals surface area contributed by atoms with Gasteiger partial charge in [-0.3, -0.25) is 9.69 Å². The van der Waals surface area contributed by atoms with E-state index in [0.717, 1.165) is 5.56 Å². The number of thioether (sulfide) groups is 1. The molecule has 3 rings (SSSR count). The molecule has 0 saturated carbocycles. The van der Waals surface area contributed by atoms with E-state index in [2.05, 4.69) is 37.6 Å². The van der Waals surface area contributed by atoms with Crippen molar-refractivity contribution >= 4 is 40.6 Å². The number of amides is 1. The van der Waals surface area contributed by atoms with Crippen molar-refractivity contribution in [2.45, 2.75) is 19.8 Å². The first-order valence-electron chi connectivity index (χ1n) is 9.23. The third-order valence-corrected chi connectivity index (χ3v) is 5.43. The first kappa shape index (κ1) is 20.6. The number of aliphatic imine (C=N–C) groups is 1. The topological polar surface area (TPSA) is 70.0 Å². The Labute approximate surface area is 174 Å². The van der Waals surface area contributed by atoms with Crippen LogP contribution < -0.4 is 0 Å². The summed E-state index contributed by atoms with van der Waals surface area (Å²) in [5, 5.41) is 9.67. The van der Waals surface area contributed by atoms with Gasteiger partial charge >= 0.3 is 5.97 Å². The van der Waals surface area contributed by atoms with Crippen LogP contribution in [0.5, 0.6) is 0 Å². The Kier molecular flexibility index (Phi) is 6.34. The second kappa shape index (κ2) is 8.92. The molecule has 1 aliphatic rings. The number of carboxylic acids is 1. The molecule has 0 spiro atoms. The van der Waals surface area contributed by atoms with Crippen molar-refractivity contribution in [3.05, 3.63) is 82.8 Å². The number of aromatic carboxylic acids is 1. The van der Waals surface area contributed by atoms with Gasteiger partial charge in [-0.05, 0) is 53.1 Å². The lowest BCUT2D eigenvalue weighted by Gasteiger charge is -2.12. The molecule has 0 atom stereocenters. The molecule has 1 heterocycles. The van der Waals surface area contributed by atoms with Gasteiger partial charge in [-0.15, -0.1) is 6.58 Å². The molecule has 1 saturated heterocycles. The van der Waals surface area contributed by atoms with E-state index in [1.807, 2.05) is 18.2 Å². The molecule has 1 aliphatic heterocycles.